The van der Waals surface area contributed by atoms with Gasteiger partial charge in [0.25, 0.3) is 0 Å². The maximum absolute atomic E-state index is 11.9. The fourth-order valence-electron chi connectivity index (χ4n) is 2.25. The van der Waals surface area contributed by atoms with Crippen molar-refractivity contribution < 1.29 is 24.5 Å². The molecule has 3 N–H and O–H groups in total. The maximum Gasteiger partial charge on any atom is 0.417 e. The topological polar surface area (TPSA) is 95.9 Å². The Balaban J connectivity index is 2.32. The SMILES string of the molecule is CC(C)(C)c1ccc(NC(=O)Oc2ccccc2)c(C(=O)O)c1O. The lowest BCUT2D eigenvalue weighted by Crippen LogP contribution is -2.20. The van der Waals surface area contributed by atoms with Gasteiger partial charge in [0.1, 0.15) is 17.1 Å². The number of phenols is 1. The first-order valence-electron chi connectivity index (χ1n) is 7.34. The summed E-state index contributed by atoms with van der Waals surface area (Å²) in [5.41, 5.74) is -0.375. The van der Waals surface area contributed by atoms with E-state index in [2.05, 4.69) is 5.32 Å². The van der Waals surface area contributed by atoms with Crippen LogP contribution in [0.2, 0.25) is 0 Å². The molecule has 0 unspecified atom stereocenters. The number of carboxylic acids is 1. The minimum atomic E-state index is -1.34. The minimum Gasteiger partial charge on any atom is -0.507 e. The normalized spacial score (nSPS) is 11.0. The number of para-hydroxylation sites is 1. The van der Waals surface area contributed by atoms with Crippen LogP contribution in [-0.4, -0.2) is 22.3 Å². The van der Waals surface area contributed by atoms with Gasteiger partial charge in [0.2, 0.25) is 0 Å². The van der Waals surface area contributed by atoms with Crippen molar-refractivity contribution in [2.45, 2.75) is 26.2 Å². The summed E-state index contributed by atoms with van der Waals surface area (Å²) < 4.78 is 5.07. The Morgan fingerprint density at radius 3 is 2.21 bits per heavy atom. The molecular formula is C18H19NO5. The molecule has 1 amide bonds. The molecule has 24 heavy (non-hydrogen) atoms. The van der Waals surface area contributed by atoms with E-state index >= 15 is 0 Å². The van der Waals surface area contributed by atoms with Gasteiger partial charge in [0.15, 0.2) is 0 Å². The molecule has 0 spiro atoms. The Bertz CT molecular complexity index is 763. The van der Waals surface area contributed by atoms with E-state index in [1.165, 1.54) is 6.07 Å². The molecule has 2 aromatic rings. The number of nitrogens with one attached hydrogen (secondary N) is 1. The standard InChI is InChI=1S/C18H19NO5/c1-18(2,3)12-9-10-13(14(15(12)20)16(21)22)19-17(23)24-11-7-5-4-6-8-11/h4-10,20H,1-3H3,(H,19,23)(H,21,22). The fourth-order valence-corrected chi connectivity index (χ4v) is 2.25. The largest absolute Gasteiger partial charge is 0.507 e. The van der Waals surface area contributed by atoms with Crippen molar-refractivity contribution in [2.75, 3.05) is 5.32 Å². The van der Waals surface area contributed by atoms with Gasteiger partial charge in [-0.2, -0.15) is 0 Å². The first-order chi connectivity index (χ1) is 11.2. The molecule has 2 rings (SSSR count). The Morgan fingerprint density at radius 2 is 1.67 bits per heavy atom. The summed E-state index contributed by atoms with van der Waals surface area (Å²) in [6.45, 7) is 5.55. The second-order valence-corrected chi connectivity index (χ2v) is 6.27. The summed E-state index contributed by atoms with van der Waals surface area (Å²) in [6, 6.07) is 11.4. The number of rotatable bonds is 3. The summed E-state index contributed by atoms with van der Waals surface area (Å²) in [5.74, 6) is -1.39. The van der Waals surface area contributed by atoms with Crippen LogP contribution in [-0.2, 0) is 5.41 Å². The zero-order valence-corrected chi connectivity index (χ0v) is 13.7. The van der Waals surface area contributed by atoms with E-state index in [-0.39, 0.29) is 17.0 Å². The molecule has 0 aromatic heterocycles. The number of hydrogen-bond donors (Lipinski definition) is 3. The molecule has 0 heterocycles. The molecule has 0 aliphatic heterocycles. The lowest BCUT2D eigenvalue weighted by atomic mass is 9.85. The van der Waals surface area contributed by atoms with Crippen LogP contribution in [0, 0.1) is 0 Å². The number of aromatic hydroxyl groups is 1. The highest BCUT2D eigenvalue weighted by Crippen LogP contribution is 2.37. The van der Waals surface area contributed by atoms with Crippen LogP contribution in [0.25, 0.3) is 0 Å². The highest BCUT2D eigenvalue weighted by atomic mass is 16.6. The molecule has 0 radical (unpaired) electrons. The van der Waals surface area contributed by atoms with Gasteiger partial charge < -0.3 is 14.9 Å². The van der Waals surface area contributed by atoms with Crippen LogP contribution in [0.4, 0.5) is 10.5 Å². The monoisotopic (exact) mass is 329 g/mol. The summed E-state index contributed by atoms with van der Waals surface area (Å²) >= 11 is 0. The Morgan fingerprint density at radius 1 is 1.04 bits per heavy atom. The second kappa shape index (κ2) is 6.62. The van der Waals surface area contributed by atoms with Crippen molar-refractivity contribution >= 4 is 17.7 Å². The third-order valence-corrected chi connectivity index (χ3v) is 3.39. The maximum atomic E-state index is 11.9. The first-order valence-corrected chi connectivity index (χ1v) is 7.34. The third-order valence-electron chi connectivity index (χ3n) is 3.39. The molecule has 0 saturated carbocycles. The van der Waals surface area contributed by atoms with Gasteiger partial charge in [-0.1, -0.05) is 45.0 Å². The number of carbonyl (C=O) groups is 2. The lowest BCUT2D eigenvalue weighted by Gasteiger charge is -2.22. The van der Waals surface area contributed by atoms with E-state index in [1.54, 1.807) is 36.4 Å². The predicted octanol–water partition coefficient (Wildman–Crippen LogP) is 4.00. The van der Waals surface area contributed by atoms with Crippen molar-refractivity contribution in [3.8, 4) is 11.5 Å². The predicted molar refractivity (Wildman–Crippen MR) is 89.9 cm³/mol. The molecular weight excluding hydrogens is 310 g/mol. The molecule has 2 aromatic carbocycles. The number of carbonyl (C=O) groups excluding carboxylic acids is 1. The highest BCUT2D eigenvalue weighted by Gasteiger charge is 2.26. The quantitative estimate of drug-likeness (QED) is 0.791. The van der Waals surface area contributed by atoms with E-state index in [9.17, 15) is 19.8 Å². The minimum absolute atomic E-state index is 0.0334. The van der Waals surface area contributed by atoms with Crippen molar-refractivity contribution in [1.82, 2.24) is 0 Å². The Hall–Kier alpha value is -3.02. The zero-order chi connectivity index (χ0) is 17.9. The number of amides is 1. The molecule has 0 bridgehead atoms. The van der Waals surface area contributed by atoms with E-state index in [4.69, 9.17) is 4.74 Å². The van der Waals surface area contributed by atoms with Gasteiger partial charge >= 0.3 is 12.1 Å². The number of anilines is 1. The van der Waals surface area contributed by atoms with Gasteiger partial charge in [-0.15, -0.1) is 0 Å². The fraction of sp³-hybridized carbons (Fsp3) is 0.222. The van der Waals surface area contributed by atoms with Crippen molar-refractivity contribution in [2.24, 2.45) is 0 Å². The van der Waals surface area contributed by atoms with Crippen molar-refractivity contribution in [3.63, 3.8) is 0 Å². The number of hydrogen-bond acceptors (Lipinski definition) is 4. The number of carboxylic acid groups (broad SMARTS) is 1. The van der Waals surface area contributed by atoms with Crippen LogP contribution >= 0.6 is 0 Å². The van der Waals surface area contributed by atoms with Gasteiger partial charge in [0, 0.05) is 5.56 Å². The molecule has 0 aliphatic carbocycles. The van der Waals surface area contributed by atoms with E-state index in [0.29, 0.717) is 11.3 Å². The summed E-state index contributed by atoms with van der Waals surface area (Å²) in [5, 5.41) is 22.1. The van der Waals surface area contributed by atoms with Crippen LogP contribution in [0.15, 0.2) is 42.5 Å². The van der Waals surface area contributed by atoms with E-state index < -0.39 is 17.5 Å². The molecule has 0 fully saturated rings. The molecule has 0 aliphatic rings. The highest BCUT2D eigenvalue weighted by molar-refractivity contribution is 6.01. The Labute approximate surface area is 139 Å². The second-order valence-electron chi connectivity index (χ2n) is 6.27. The molecule has 126 valence electrons. The average molecular weight is 329 g/mol. The molecule has 6 nitrogen and oxygen atoms in total. The van der Waals surface area contributed by atoms with Gasteiger partial charge in [-0.3, -0.25) is 5.32 Å². The molecule has 6 heteroatoms. The van der Waals surface area contributed by atoms with Gasteiger partial charge in [-0.05, 0) is 23.6 Å². The van der Waals surface area contributed by atoms with Crippen LogP contribution in [0.3, 0.4) is 0 Å². The van der Waals surface area contributed by atoms with Crippen LogP contribution in [0.1, 0.15) is 36.7 Å². The number of ether oxygens (including phenoxy) is 1. The average Bonchev–Trinajstić information content (AvgIpc) is 2.46. The zero-order valence-electron chi connectivity index (χ0n) is 13.7. The summed E-state index contributed by atoms with van der Waals surface area (Å²) in [7, 11) is 0. The first kappa shape index (κ1) is 17.3. The number of benzene rings is 2. The van der Waals surface area contributed by atoms with Gasteiger partial charge in [0.05, 0.1) is 5.69 Å². The lowest BCUT2D eigenvalue weighted by molar-refractivity contribution is 0.0694. The summed E-state index contributed by atoms with van der Waals surface area (Å²) in [6.07, 6.45) is -0.841. The number of aromatic carboxylic acids is 1. The molecule has 0 atom stereocenters. The van der Waals surface area contributed by atoms with E-state index in [1.807, 2.05) is 20.8 Å². The third kappa shape index (κ3) is 3.84. The van der Waals surface area contributed by atoms with E-state index in [0.717, 1.165) is 0 Å². The van der Waals surface area contributed by atoms with Crippen molar-refractivity contribution in [3.05, 3.63) is 53.6 Å². The Kier molecular flexibility index (Phi) is 4.78. The molecule has 0 saturated heterocycles. The van der Waals surface area contributed by atoms with Crippen LogP contribution < -0.4 is 10.1 Å². The summed E-state index contributed by atoms with van der Waals surface area (Å²) in [4.78, 5) is 23.5. The van der Waals surface area contributed by atoms with Crippen molar-refractivity contribution in [1.29, 1.82) is 0 Å². The van der Waals surface area contributed by atoms with Gasteiger partial charge in [-0.25, -0.2) is 9.59 Å². The smallest absolute Gasteiger partial charge is 0.417 e. The van der Waals surface area contributed by atoms with Crippen LogP contribution in [0.5, 0.6) is 11.5 Å².